The topological polar surface area (TPSA) is 12.9 Å². The van der Waals surface area contributed by atoms with Gasteiger partial charge in [-0.25, -0.2) is 4.39 Å². The van der Waals surface area contributed by atoms with Gasteiger partial charge in [0.15, 0.2) is 0 Å². The predicted molar refractivity (Wildman–Crippen MR) is 64.9 cm³/mol. The van der Waals surface area contributed by atoms with Crippen molar-refractivity contribution in [3.63, 3.8) is 0 Å². The second-order valence-corrected chi connectivity index (χ2v) is 5.45. The van der Waals surface area contributed by atoms with Crippen LogP contribution in [0.2, 0.25) is 5.02 Å². The van der Waals surface area contributed by atoms with Gasteiger partial charge in [0.2, 0.25) is 0 Å². The van der Waals surface area contributed by atoms with Crippen LogP contribution in [0.15, 0.2) is 12.3 Å². The van der Waals surface area contributed by atoms with Crippen molar-refractivity contribution in [3.8, 4) is 0 Å². The highest BCUT2D eigenvalue weighted by Gasteiger charge is 2.36. The highest BCUT2D eigenvalue weighted by molar-refractivity contribution is 6.31. The van der Waals surface area contributed by atoms with Crippen LogP contribution in [-0.4, -0.2) is 10.7 Å². The second-order valence-electron chi connectivity index (χ2n) is 5.04. The Morgan fingerprint density at radius 3 is 2.42 bits per heavy atom. The largest absolute Gasteiger partial charge is 0.417 e. The first-order valence-electron chi connectivity index (χ1n) is 6.21. The number of hydrogen-bond acceptors (Lipinski definition) is 1. The molecule has 19 heavy (non-hydrogen) atoms. The Kier molecular flexibility index (Phi) is 4.04. The average Bonchev–Trinajstić information content (AvgIpc) is 2.31. The van der Waals surface area contributed by atoms with Gasteiger partial charge in [-0.05, 0) is 18.9 Å². The zero-order valence-corrected chi connectivity index (χ0v) is 11.0. The van der Waals surface area contributed by atoms with Gasteiger partial charge in [-0.3, -0.25) is 4.98 Å². The van der Waals surface area contributed by atoms with E-state index in [1.54, 1.807) is 0 Å². The van der Waals surface area contributed by atoms with Crippen molar-refractivity contribution in [1.82, 2.24) is 4.98 Å². The van der Waals surface area contributed by atoms with Gasteiger partial charge in [-0.1, -0.05) is 30.9 Å². The Labute approximate surface area is 114 Å². The zero-order chi connectivity index (χ0) is 14.1. The average molecular weight is 296 g/mol. The van der Waals surface area contributed by atoms with Gasteiger partial charge in [0, 0.05) is 18.3 Å². The highest BCUT2D eigenvalue weighted by atomic mass is 35.5. The van der Waals surface area contributed by atoms with Crippen molar-refractivity contribution in [2.24, 2.45) is 0 Å². The van der Waals surface area contributed by atoms with Gasteiger partial charge >= 0.3 is 6.18 Å². The second kappa shape index (κ2) is 5.27. The predicted octanol–water partition coefficient (Wildman–Crippen LogP) is 4.97. The summed E-state index contributed by atoms with van der Waals surface area (Å²) in [5, 5.41) is -0.451. The van der Waals surface area contributed by atoms with Crippen LogP contribution in [0.4, 0.5) is 17.6 Å². The van der Waals surface area contributed by atoms with Crippen LogP contribution in [0, 0.1) is 0 Å². The van der Waals surface area contributed by atoms with Gasteiger partial charge in [-0.2, -0.15) is 13.2 Å². The Hall–Kier alpha value is -0.840. The number of hydrogen-bond donors (Lipinski definition) is 0. The lowest BCUT2D eigenvalue weighted by atomic mass is 9.83. The molecule has 0 radical (unpaired) electrons. The fourth-order valence-corrected chi connectivity index (χ4v) is 2.69. The summed E-state index contributed by atoms with van der Waals surface area (Å²) in [6, 6.07) is 0.859. The van der Waals surface area contributed by atoms with E-state index in [9.17, 15) is 17.6 Å². The van der Waals surface area contributed by atoms with E-state index in [4.69, 9.17) is 11.6 Å². The molecule has 1 aromatic rings. The Bertz CT molecular complexity index is 452. The van der Waals surface area contributed by atoms with E-state index in [1.807, 2.05) is 0 Å². The fourth-order valence-electron chi connectivity index (χ4n) is 2.48. The van der Waals surface area contributed by atoms with Crippen LogP contribution in [0.5, 0.6) is 0 Å². The lowest BCUT2D eigenvalue weighted by Gasteiger charge is -2.29. The van der Waals surface area contributed by atoms with Crippen LogP contribution in [0.25, 0.3) is 0 Å². The molecule has 0 aliphatic heterocycles. The lowest BCUT2D eigenvalue weighted by Crippen LogP contribution is -2.29. The number of nitrogens with zero attached hydrogens (tertiary/aromatic N) is 1. The van der Waals surface area contributed by atoms with Crippen LogP contribution >= 0.6 is 11.6 Å². The van der Waals surface area contributed by atoms with Gasteiger partial charge < -0.3 is 0 Å². The number of aromatic nitrogens is 1. The SMILES string of the molecule is FC1(Cc2cc(C(F)(F)F)c(Cl)cn2)CCCCC1. The molecule has 0 aromatic carbocycles. The van der Waals surface area contributed by atoms with E-state index in [-0.39, 0.29) is 12.1 Å². The van der Waals surface area contributed by atoms with E-state index in [2.05, 4.69) is 4.98 Å². The van der Waals surface area contributed by atoms with Crippen molar-refractivity contribution in [1.29, 1.82) is 0 Å². The Balaban J connectivity index is 2.21. The van der Waals surface area contributed by atoms with Crippen molar-refractivity contribution < 1.29 is 17.6 Å². The fraction of sp³-hybridized carbons (Fsp3) is 0.615. The van der Waals surface area contributed by atoms with Crippen molar-refractivity contribution in [2.75, 3.05) is 0 Å². The summed E-state index contributed by atoms with van der Waals surface area (Å²) in [7, 11) is 0. The maximum Gasteiger partial charge on any atom is 0.417 e. The number of pyridine rings is 1. The summed E-state index contributed by atoms with van der Waals surface area (Å²) >= 11 is 5.48. The molecule has 1 nitrogen and oxygen atoms in total. The summed E-state index contributed by atoms with van der Waals surface area (Å²) in [5.74, 6) is 0. The molecule has 1 heterocycles. The molecule has 0 unspecified atom stereocenters. The third kappa shape index (κ3) is 3.59. The lowest BCUT2D eigenvalue weighted by molar-refractivity contribution is -0.137. The molecule has 0 amide bonds. The van der Waals surface area contributed by atoms with Crippen LogP contribution < -0.4 is 0 Å². The van der Waals surface area contributed by atoms with E-state index in [0.29, 0.717) is 12.8 Å². The normalized spacial score (nSPS) is 19.4. The van der Waals surface area contributed by atoms with Crippen LogP contribution in [-0.2, 0) is 12.6 Å². The third-order valence-corrected chi connectivity index (χ3v) is 3.77. The molecular weight excluding hydrogens is 282 g/mol. The molecule has 106 valence electrons. The number of alkyl halides is 4. The van der Waals surface area contributed by atoms with Crippen molar-refractivity contribution in [2.45, 2.75) is 50.4 Å². The maximum absolute atomic E-state index is 14.4. The molecule has 1 aliphatic rings. The van der Waals surface area contributed by atoms with Gasteiger partial charge in [-0.15, -0.1) is 0 Å². The first-order chi connectivity index (χ1) is 8.80. The quantitative estimate of drug-likeness (QED) is 0.702. The number of rotatable bonds is 2. The van der Waals surface area contributed by atoms with E-state index in [0.717, 1.165) is 31.5 Å². The molecule has 6 heteroatoms. The Morgan fingerprint density at radius 2 is 1.84 bits per heavy atom. The summed E-state index contributed by atoms with van der Waals surface area (Å²) in [6.07, 6.45) is -0.360. The van der Waals surface area contributed by atoms with E-state index < -0.39 is 22.4 Å². The highest BCUT2D eigenvalue weighted by Crippen LogP contribution is 2.37. The first kappa shape index (κ1) is 14.6. The summed E-state index contributed by atoms with van der Waals surface area (Å²) < 4.78 is 52.5. The zero-order valence-electron chi connectivity index (χ0n) is 10.2. The van der Waals surface area contributed by atoms with Gasteiger partial charge in [0.05, 0.1) is 10.6 Å². The van der Waals surface area contributed by atoms with Crippen molar-refractivity contribution >= 4 is 11.6 Å². The summed E-state index contributed by atoms with van der Waals surface area (Å²) in [6.45, 7) is 0. The molecule has 1 aliphatic carbocycles. The molecule has 1 fully saturated rings. The van der Waals surface area contributed by atoms with Crippen LogP contribution in [0.3, 0.4) is 0 Å². The van der Waals surface area contributed by atoms with Crippen LogP contribution in [0.1, 0.15) is 43.4 Å². The van der Waals surface area contributed by atoms with Gasteiger partial charge in [0.1, 0.15) is 5.67 Å². The third-order valence-electron chi connectivity index (χ3n) is 3.46. The minimum atomic E-state index is -4.54. The minimum Gasteiger partial charge on any atom is -0.260 e. The monoisotopic (exact) mass is 295 g/mol. The molecule has 0 saturated heterocycles. The minimum absolute atomic E-state index is 0.0761. The number of halogens is 5. The molecule has 0 spiro atoms. The Morgan fingerprint density at radius 1 is 1.21 bits per heavy atom. The standard InChI is InChI=1S/C13H14ClF4N/c14-11-8-19-9(6-10(11)13(16,17)18)7-12(15)4-2-1-3-5-12/h6,8H,1-5,7H2. The molecule has 0 bridgehead atoms. The molecule has 0 atom stereocenters. The molecule has 1 saturated carbocycles. The molecular formula is C13H14ClF4N. The van der Waals surface area contributed by atoms with E-state index >= 15 is 0 Å². The summed E-state index contributed by atoms with van der Waals surface area (Å²) in [5.41, 5.74) is -2.26. The summed E-state index contributed by atoms with van der Waals surface area (Å²) in [4.78, 5) is 3.82. The maximum atomic E-state index is 14.4. The first-order valence-corrected chi connectivity index (χ1v) is 6.58. The smallest absolute Gasteiger partial charge is 0.260 e. The molecule has 1 aromatic heterocycles. The molecule has 0 N–H and O–H groups in total. The van der Waals surface area contributed by atoms with Crippen molar-refractivity contribution in [3.05, 3.63) is 28.5 Å². The van der Waals surface area contributed by atoms with Gasteiger partial charge in [0.25, 0.3) is 0 Å². The molecule has 2 rings (SSSR count). The van der Waals surface area contributed by atoms with E-state index in [1.165, 1.54) is 0 Å².